The van der Waals surface area contributed by atoms with E-state index < -0.39 is 23.6 Å². The summed E-state index contributed by atoms with van der Waals surface area (Å²) in [5, 5.41) is 0.597. The number of hydrogen-bond donors (Lipinski definition) is 2. The van der Waals surface area contributed by atoms with Gasteiger partial charge in [-0.25, -0.2) is 15.8 Å². The first kappa shape index (κ1) is 29.5. The number of carbonyl (C=O) groups excluding carboxylic acids is 4. The number of rotatable bonds is 7. The van der Waals surface area contributed by atoms with Crippen LogP contribution in [0.5, 0.6) is 23.0 Å². The third kappa shape index (κ3) is 5.06. The summed E-state index contributed by atoms with van der Waals surface area (Å²) < 4.78 is 12.0. The molecule has 2 heterocycles. The maximum atomic E-state index is 13.2. The maximum absolute atomic E-state index is 13.2. The van der Waals surface area contributed by atoms with Crippen LogP contribution in [0.4, 0.5) is 11.4 Å². The number of nitrogens with zero attached hydrogens (tertiary/aromatic N) is 2. The molecule has 4 N–H and O–H groups in total. The fraction of sp³-hybridized carbons (Fsp3) is 0.0811. The normalized spacial score (nSPS) is 14.0. The van der Waals surface area contributed by atoms with Gasteiger partial charge in [0.2, 0.25) is 0 Å². The van der Waals surface area contributed by atoms with Gasteiger partial charge in [0.1, 0.15) is 23.0 Å². The predicted octanol–water partition coefficient (Wildman–Crippen LogP) is 6.45. The maximum Gasteiger partial charge on any atom is 0.276 e. The Kier molecular flexibility index (Phi) is 6.87. The molecule has 10 nitrogen and oxygen atoms in total. The fourth-order valence-electron chi connectivity index (χ4n) is 5.76. The minimum atomic E-state index is -0.565. The summed E-state index contributed by atoms with van der Waals surface area (Å²) in [5.74, 6) is 5.62. The first-order valence-corrected chi connectivity index (χ1v) is 14.7. The summed E-state index contributed by atoms with van der Waals surface area (Å²) >= 11 is 0. The summed E-state index contributed by atoms with van der Waals surface area (Å²) in [6.45, 7) is 4.22. The third-order valence-corrected chi connectivity index (χ3v) is 8.52. The lowest BCUT2D eigenvalue weighted by Crippen LogP contribution is -2.36. The first-order valence-electron chi connectivity index (χ1n) is 14.7. The average Bonchev–Trinajstić information content (AvgIpc) is 3.44. The van der Waals surface area contributed by atoms with Gasteiger partial charge < -0.3 is 15.2 Å². The van der Waals surface area contributed by atoms with Crippen molar-refractivity contribution in [3.8, 4) is 23.0 Å². The first-order chi connectivity index (χ1) is 22.5. The largest absolute Gasteiger partial charge is 0.457 e. The quantitative estimate of drug-likeness (QED) is 0.0910. The van der Waals surface area contributed by atoms with Crippen LogP contribution >= 0.6 is 0 Å². The second kappa shape index (κ2) is 11.0. The van der Waals surface area contributed by atoms with Crippen molar-refractivity contribution in [1.82, 2.24) is 5.01 Å². The molecule has 0 atom stereocenters. The molecule has 5 aromatic rings. The number of hydrazine groups is 1. The molecule has 7 rings (SSSR count). The molecule has 0 saturated heterocycles. The molecule has 0 aromatic heterocycles. The lowest BCUT2D eigenvalue weighted by molar-refractivity contribution is 0.0653. The molecule has 2 aliphatic heterocycles. The number of nitrogens with two attached hydrogens (primary N) is 2. The molecular formula is C37H28N4O6. The number of benzene rings is 5. The second-order valence-corrected chi connectivity index (χ2v) is 11.8. The molecule has 5 aromatic carbocycles. The zero-order valence-electron chi connectivity index (χ0n) is 25.4. The van der Waals surface area contributed by atoms with Crippen molar-refractivity contribution in [2.24, 2.45) is 5.84 Å². The van der Waals surface area contributed by atoms with Crippen LogP contribution in [0.3, 0.4) is 0 Å². The van der Waals surface area contributed by atoms with Crippen LogP contribution in [-0.2, 0) is 5.41 Å². The summed E-state index contributed by atoms with van der Waals surface area (Å²) in [5.41, 5.74) is 9.51. The Morgan fingerprint density at radius 3 is 1.43 bits per heavy atom. The van der Waals surface area contributed by atoms with E-state index in [1.807, 2.05) is 48.5 Å². The number of anilines is 2. The van der Waals surface area contributed by atoms with Crippen molar-refractivity contribution < 1.29 is 28.7 Å². The minimum Gasteiger partial charge on any atom is -0.457 e. The zero-order chi connectivity index (χ0) is 33.0. The van der Waals surface area contributed by atoms with Crippen molar-refractivity contribution in [3.05, 3.63) is 143 Å². The van der Waals surface area contributed by atoms with Gasteiger partial charge in [0.05, 0.1) is 27.9 Å². The van der Waals surface area contributed by atoms with E-state index in [2.05, 4.69) is 13.8 Å². The number of ether oxygens (including phenoxy) is 2. The van der Waals surface area contributed by atoms with Gasteiger partial charge >= 0.3 is 0 Å². The van der Waals surface area contributed by atoms with Gasteiger partial charge in [-0.2, -0.15) is 0 Å². The van der Waals surface area contributed by atoms with Crippen LogP contribution < -0.4 is 25.9 Å². The molecular weight excluding hydrogens is 596 g/mol. The smallest absolute Gasteiger partial charge is 0.276 e. The topological polar surface area (TPSA) is 145 Å². The monoisotopic (exact) mass is 624 g/mol. The van der Waals surface area contributed by atoms with E-state index in [0.717, 1.165) is 16.0 Å². The average molecular weight is 625 g/mol. The van der Waals surface area contributed by atoms with Crippen molar-refractivity contribution in [3.63, 3.8) is 0 Å². The molecule has 47 heavy (non-hydrogen) atoms. The second-order valence-electron chi connectivity index (χ2n) is 11.8. The number of imide groups is 2. The van der Waals surface area contributed by atoms with Crippen molar-refractivity contribution in [2.45, 2.75) is 19.3 Å². The molecule has 10 heteroatoms. The van der Waals surface area contributed by atoms with E-state index >= 15 is 0 Å². The summed E-state index contributed by atoms with van der Waals surface area (Å²) in [6.07, 6.45) is 0. The molecule has 2 aliphatic rings. The fourth-order valence-corrected chi connectivity index (χ4v) is 5.76. The van der Waals surface area contributed by atoms with Gasteiger partial charge in [-0.05, 0) is 96.1 Å². The van der Waals surface area contributed by atoms with E-state index in [9.17, 15) is 19.2 Å². The van der Waals surface area contributed by atoms with Crippen molar-refractivity contribution in [2.75, 3.05) is 10.6 Å². The molecule has 4 amide bonds. The minimum absolute atomic E-state index is 0.209. The van der Waals surface area contributed by atoms with Gasteiger partial charge in [-0.3, -0.25) is 19.2 Å². The zero-order valence-corrected chi connectivity index (χ0v) is 25.4. The van der Waals surface area contributed by atoms with Crippen LogP contribution in [0.15, 0.2) is 109 Å². The van der Waals surface area contributed by atoms with Gasteiger partial charge in [0.15, 0.2) is 0 Å². The van der Waals surface area contributed by atoms with Gasteiger partial charge in [-0.1, -0.05) is 38.1 Å². The van der Waals surface area contributed by atoms with E-state index in [1.165, 1.54) is 12.1 Å². The molecule has 0 spiro atoms. The predicted molar refractivity (Wildman–Crippen MR) is 175 cm³/mol. The Hall–Kier alpha value is -6.26. The number of fused-ring (bicyclic) bond motifs is 2. The highest BCUT2D eigenvalue weighted by molar-refractivity contribution is 6.34. The standard InChI is InChI=1S/C37H28N4O6/c1-37(2,22-5-13-26(14-6-22)47-28-16-18-30-32(20-28)36(45)41(39)35(30)44)21-3-11-25(12-4-21)46-27-15-17-29-31(19-27)34(43)40(33(29)42)24-9-7-23(38)8-10-24/h3-20H,38-39H2,1-2H3. The van der Waals surface area contributed by atoms with Gasteiger partial charge in [0, 0.05) is 11.1 Å². The Labute approximate surface area is 269 Å². The summed E-state index contributed by atoms with van der Waals surface area (Å²) in [7, 11) is 0. The molecule has 0 radical (unpaired) electrons. The molecule has 0 fully saturated rings. The van der Waals surface area contributed by atoms with E-state index in [-0.39, 0.29) is 22.1 Å². The van der Waals surface area contributed by atoms with E-state index in [1.54, 1.807) is 48.5 Å². The van der Waals surface area contributed by atoms with Crippen molar-refractivity contribution >= 4 is 35.0 Å². The number of carbonyl (C=O) groups is 4. The highest BCUT2D eigenvalue weighted by Gasteiger charge is 2.37. The Balaban J connectivity index is 1.03. The Bertz CT molecular complexity index is 2110. The van der Waals surface area contributed by atoms with Crippen LogP contribution in [0.25, 0.3) is 0 Å². The number of amides is 4. The number of nitrogen functional groups attached to an aromatic ring is 1. The highest BCUT2D eigenvalue weighted by Crippen LogP contribution is 2.36. The van der Waals surface area contributed by atoms with Crippen molar-refractivity contribution in [1.29, 1.82) is 0 Å². The van der Waals surface area contributed by atoms with Crippen LogP contribution in [0.1, 0.15) is 66.4 Å². The molecule has 0 aliphatic carbocycles. The van der Waals surface area contributed by atoms with E-state index in [4.69, 9.17) is 21.1 Å². The molecule has 0 saturated carbocycles. The van der Waals surface area contributed by atoms with Gasteiger partial charge in [-0.15, -0.1) is 0 Å². The van der Waals surface area contributed by atoms with Crippen LogP contribution in [0.2, 0.25) is 0 Å². The Morgan fingerprint density at radius 1 is 0.511 bits per heavy atom. The van der Waals surface area contributed by atoms with E-state index in [0.29, 0.717) is 44.9 Å². The van der Waals surface area contributed by atoms with Crippen LogP contribution in [-0.4, -0.2) is 28.6 Å². The number of hydrogen-bond acceptors (Lipinski definition) is 8. The van der Waals surface area contributed by atoms with Crippen LogP contribution in [0, 0.1) is 0 Å². The lowest BCUT2D eigenvalue weighted by Gasteiger charge is -2.26. The molecule has 0 unspecified atom stereocenters. The molecule has 232 valence electrons. The SMILES string of the molecule is CC(C)(c1ccc(Oc2ccc3c(c2)C(=O)N(N)C3=O)cc1)c1ccc(Oc2ccc3c(c2)C(=O)N(c2ccc(N)cc2)C3=O)cc1. The summed E-state index contributed by atoms with van der Waals surface area (Å²) in [4.78, 5) is 51.5. The lowest BCUT2D eigenvalue weighted by atomic mass is 9.78. The Morgan fingerprint density at radius 2 is 0.915 bits per heavy atom. The highest BCUT2D eigenvalue weighted by atomic mass is 16.5. The molecule has 0 bridgehead atoms. The third-order valence-electron chi connectivity index (χ3n) is 8.52. The summed E-state index contributed by atoms with van der Waals surface area (Å²) in [6, 6.07) is 31.4. The van der Waals surface area contributed by atoms with Gasteiger partial charge in [0.25, 0.3) is 23.6 Å².